The molecule has 0 radical (unpaired) electrons. The average molecular weight is 396 g/mol. The molecule has 0 spiro atoms. The van der Waals surface area contributed by atoms with Crippen molar-refractivity contribution in [3.05, 3.63) is 39.8 Å². The van der Waals surface area contributed by atoms with E-state index in [0.29, 0.717) is 18.0 Å². The van der Waals surface area contributed by atoms with E-state index >= 15 is 0 Å². The van der Waals surface area contributed by atoms with Crippen LogP contribution in [0.4, 0.5) is 18.9 Å². The minimum absolute atomic E-state index is 0. The van der Waals surface area contributed by atoms with Crippen molar-refractivity contribution in [2.24, 2.45) is 5.73 Å². The van der Waals surface area contributed by atoms with Gasteiger partial charge in [0.15, 0.2) is 0 Å². The SMILES string of the molecule is CCCOc1ccc(C(F)(F)F)cc1NC(=O)c1csc(CN)n1.Cl. The molecular weight excluding hydrogens is 379 g/mol. The standard InChI is InChI=1S/C15H16F3N3O2S.ClH/c1-2-5-23-12-4-3-9(15(16,17)18)6-10(12)21-14(22)11-8-24-13(7-19)20-11;/h3-4,6,8H,2,5,7,19H2,1H3,(H,21,22);1H. The quantitative estimate of drug-likeness (QED) is 0.772. The number of anilines is 1. The topological polar surface area (TPSA) is 77.2 Å². The maximum absolute atomic E-state index is 12.9. The van der Waals surface area contributed by atoms with Gasteiger partial charge in [0, 0.05) is 11.9 Å². The Morgan fingerprint density at radius 1 is 1.40 bits per heavy atom. The molecule has 2 rings (SSSR count). The van der Waals surface area contributed by atoms with Crippen LogP contribution in [0.5, 0.6) is 5.75 Å². The Kier molecular flexibility index (Phi) is 7.65. The largest absolute Gasteiger partial charge is 0.491 e. The number of nitrogens with zero attached hydrogens (tertiary/aromatic N) is 1. The van der Waals surface area contributed by atoms with Gasteiger partial charge in [0.1, 0.15) is 16.5 Å². The lowest BCUT2D eigenvalue weighted by Crippen LogP contribution is -2.15. The number of thiazole rings is 1. The number of alkyl halides is 3. The molecule has 0 fully saturated rings. The number of nitrogens with one attached hydrogen (secondary N) is 1. The Labute approximate surface area is 152 Å². The van der Waals surface area contributed by atoms with Crippen LogP contribution in [0.15, 0.2) is 23.6 Å². The number of aromatic nitrogens is 1. The summed E-state index contributed by atoms with van der Waals surface area (Å²) in [5.41, 5.74) is 4.61. The van der Waals surface area contributed by atoms with E-state index in [1.54, 1.807) is 0 Å². The van der Waals surface area contributed by atoms with Gasteiger partial charge in [-0.1, -0.05) is 6.92 Å². The lowest BCUT2D eigenvalue weighted by atomic mass is 10.1. The highest BCUT2D eigenvalue weighted by Crippen LogP contribution is 2.35. The molecule has 0 aliphatic rings. The van der Waals surface area contributed by atoms with Crippen LogP contribution >= 0.6 is 23.7 Å². The summed E-state index contributed by atoms with van der Waals surface area (Å²) in [5.74, 6) is -0.445. The van der Waals surface area contributed by atoms with Crippen LogP contribution in [0.2, 0.25) is 0 Å². The van der Waals surface area contributed by atoms with Crippen molar-refractivity contribution in [2.75, 3.05) is 11.9 Å². The molecule has 25 heavy (non-hydrogen) atoms. The van der Waals surface area contributed by atoms with Crippen molar-refractivity contribution in [2.45, 2.75) is 26.1 Å². The number of carbonyl (C=O) groups is 1. The molecule has 0 saturated heterocycles. The van der Waals surface area contributed by atoms with E-state index in [9.17, 15) is 18.0 Å². The van der Waals surface area contributed by atoms with Crippen molar-refractivity contribution >= 4 is 35.3 Å². The highest BCUT2D eigenvalue weighted by atomic mass is 35.5. The van der Waals surface area contributed by atoms with Crippen LogP contribution in [0.25, 0.3) is 0 Å². The summed E-state index contributed by atoms with van der Waals surface area (Å²) in [6.07, 6.45) is -3.84. The molecule has 3 N–H and O–H groups in total. The molecule has 1 amide bonds. The second-order valence-electron chi connectivity index (χ2n) is 4.84. The van der Waals surface area contributed by atoms with Crippen LogP contribution in [0.3, 0.4) is 0 Å². The van der Waals surface area contributed by atoms with Gasteiger partial charge >= 0.3 is 6.18 Å². The van der Waals surface area contributed by atoms with Crippen molar-refractivity contribution in [1.29, 1.82) is 0 Å². The molecule has 0 atom stereocenters. The number of hydrogen-bond donors (Lipinski definition) is 2. The molecule has 0 bridgehead atoms. The Balaban J connectivity index is 0.00000312. The monoisotopic (exact) mass is 395 g/mol. The molecule has 10 heteroatoms. The zero-order chi connectivity index (χ0) is 17.7. The number of rotatable bonds is 6. The number of benzene rings is 1. The van der Waals surface area contributed by atoms with Gasteiger partial charge in [-0.05, 0) is 24.6 Å². The summed E-state index contributed by atoms with van der Waals surface area (Å²) in [4.78, 5) is 16.2. The smallest absolute Gasteiger partial charge is 0.416 e. The molecule has 1 heterocycles. The Hall–Kier alpha value is -1.84. The van der Waals surface area contributed by atoms with Gasteiger partial charge in [-0.15, -0.1) is 23.7 Å². The van der Waals surface area contributed by atoms with Gasteiger partial charge in [-0.25, -0.2) is 4.98 Å². The van der Waals surface area contributed by atoms with Crippen molar-refractivity contribution in [3.8, 4) is 5.75 Å². The fraction of sp³-hybridized carbons (Fsp3) is 0.333. The molecule has 0 saturated carbocycles. The number of nitrogens with two attached hydrogens (primary N) is 1. The summed E-state index contributed by atoms with van der Waals surface area (Å²) in [7, 11) is 0. The van der Waals surface area contributed by atoms with Gasteiger partial charge in [-0.3, -0.25) is 4.79 Å². The summed E-state index contributed by atoms with van der Waals surface area (Å²) in [6.45, 7) is 2.38. The molecular formula is C15H17ClF3N3O2S. The second kappa shape index (κ2) is 9.02. The van der Waals surface area contributed by atoms with Crippen LogP contribution in [0, 0.1) is 0 Å². The lowest BCUT2D eigenvalue weighted by molar-refractivity contribution is -0.137. The summed E-state index contributed by atoms with van der Waals surface area (Å²) < 4.78 is 44.0. The van der Waals surface area contributed by atoms with Crippen LogP contribution in [0.1, 0.15) is 34.4 Å². The van der Waals surface area contributed by atoms with Crippen molar-refractivity contribution in [1.82, 2.24) is 4.98 Å². The number of hydrogen-bond acceptors (Lipinski definition) is 5. The second-order valence-corrected chi connectivity index (χ2v) is 5.78. The Morgan fingerprint density at radius 3 is 2.68 bits per heavy atom. The van der Waals surface area contributed by atoms with E-state index < -0.39 is 17.6 Å². The van der Waals surface area contributed by atoms with Gasteiger partial charge in [0.05, 0.1) is 17.9 Å². The first kappa shape index (κ1) is 21.2. The van der Waals surface area contributed by atoms with Crippen LogP contribution in [-0.2, 0) is 12.7 Å². The summed E-state index contributed by atoms with van der Waals surface area (Å²) in [6, 6.07) is 2.95. The highest BCUT2D eigenvalue weighted by molar-refractivity contribution is 7.09. The third-order valence-electron chi connectivity index (χ3n) is 2.98. The minimum Gasteiger partial charge on any atom is -0.491 e. The van der Waals surface area contributed by atoms with Crippen LogP contribution in [-0.4, -0.2) is 17.5 Å². The summed E-state index contributed by atoms with van der Waals surface area (Å²) in [5, 5.41) is 4.48. The predicted molar refractivity (Wildman–Crippen MR) is 92.4 cm³/mol. The van der Waals surface area contributed by atoms with Crippen molar-refractivity contribution < 1.29 is 22.7 Å². The molecule has 1 aromatic carbocycles. The Morgan fingerprint density at radius 2 is 2.12 bits per heavy atom. The van der Waals surface area contributed by atoms with E-state index in [1.165, 1.54) is 22.8 Å². The first-order valence-corrected chi connectivity index (χ1v) is 8.03. The number of amides is 1. The van der Waals surface area contributed by atoms with Gasteiger partial charge in [0.25, 0.3) is 5.91 Å². The van der Waals surface area contributed by atoms with E-state index in [4.69, 9.17) is 10.5 Å². The molecule has 0 unspecified atom stereocenters. The molecule has 2 aromatic rings. The van der Waals surface area contributed by atoms with E-state index in [0.717, 1.165) is 12.1 Å². The number of halogens is 4. The number of ether oxygens (including phenoxy) is 1. The highest BCUT2D eigenvalue weighted by Gasteiger charge is 2.31. The molecule has 5 nitrogen and oxygen atoms in total. The first-order chi connectivity index (χ1) is 11.3. The Bertz CT molecular complexity index is 722. The predicted octanol–water partition coefficient (Wildman–Crippen LogP) is 4.08. The average Bonchev–Trinajstić information content (AvgIpc) is 3.02. The first-order valence-electron chi connectivity index (χ1n) is 7.15. The fourth-order valence-electron chi connectivity index (χ4n) is 1.84. The maximum Gasteiger partial charge on any atom is 0.416 e. The van der Waals surface area contributed by atoms with E-state index in [2.05, 4.69) is 10.3 Å². The van der Waals surface area contributed by atoms with E-state index in [-0.39, 0.29) is 36.1 Å². The van der Waals surface area contributed by atoms with Crippen molar-refractivity contribution in [3.63, 3.8) is 0 Å². The molecule has 138 valence electrons. The van der Waals surface area contributed by atoms with Gasteiger partial charge in [0.2, 0.25) is 0 Å². The third-order valence-corrected chi connectivity index (χ3v) is 3.85. The molecule has 0 aliphatic heterocycles. The normalized spacial score (nSPS) is 10.9. The van der Waals surface area contributed by atoms with Crippen LogP contribution < -0.4 is 15.8 Å². The zero-order valence-electron chi connectivity index (χ0n) is 13.2. The van der Waals surface area contributed by atoms with Gasteiger partial charge < -0.3 is 15.8 Å². The fourth-order valence-corrected chi connectivity index (χ4v) is 2.49. The molecule has 1 aromatic heterocycles. The van der Waals surface area contributed by atoms with E-state index in [1.807, 2.05) is 6.92 Å². The lowest BCUT2D eigenvalue weighted by Gasteiger charge is -2.14. The van der Waals surface area contributed by atoms with Gasteiger partial charge in [-0.2, -0.15) is 13.2 Å². The number of carbonyl (C=O) groups excluding carboxylic acids is 1. The minimum atomic E-state index is -4.52. The summed E-state index contributed by atoms with van der Waals surface area (Å²) >= 11 is 1.21. The maximum atomic E-state index is 12.9. The third kappa shape index (κ3) is 5.58. The zero-order valence-corrected chi connectivity index (χ0v) is 14.9. The molecule has 0 aliphatic carbocycles.